The standard InChI is InChI=1S/C18H24N4O/c1-12(2)5-6-19-17-10-16(20-11-21-17)18(23)22-15-8-13(3)7-14(4)9-15/h7-12H,5-6H2,1-4H3,(H,22,23)(H,19,20,21). The summed E-state index contributed by atoms with van der Waals surface area (Å²) in [5.41, 5.74) is 3.35. The monoisotopic (exact) mass is 312 g/mol. The summed E-state index contributed by atoms with van der Waals surface area (Å²) in [5, 5.41) is 6.11. The SMILES string of the molecule is Cc1cc(C)cc(NC(=O)c2cc(NCCC(C)C)ncn2)c1. The minimum absolute atomic E-state index is 0.232. The molecule has 0 aliphatic carbocycles. The van der Waals surface area contributed by atoms with Gasteiger partial charge in [-0.25, -0.2) is 9.97 Å². The van der Waals surface area contributed by atoms with Crippen LogP contribution in [0.5, 0.6) is 0 Å². The number of nitrogens with one attached hydrogen (secondary N) is 2. The molecule has 122 valence electrons. The third-order valence-electron chi connectivity index (χ3n) is 3.41. The number of amides is 1. The van der Waals surface area contributed by atoms with Crippen molar-refractivity contribution in [3.05, 3.63) is 47.4 Å². The molecule has 0 spiro atoms. The van der Waals surface area contributed by atoms with E-state index in [0.29, 0.717) is 17.4 Å². The first-order chi connectivity index (χ1) is 10.9. The Morgan fingerprint density at radius 3 is 2.43 bits per heavy atom. The van der Waals surface area contributed by atoms with Crippen molar-refractivity contribution in [3.8, 4) is 0 Å². The molecule has 23 heavy (non-hydrogen) atoms. The molecule has 0 saturated carbocycles. The minimum Gasteiger partial charge on any atom is -0.370 e. The molecule has 0 unspecified atom stereocenters. The van der Waals surface area contributed by atoms with Crippen molar-refractivity contribution in [3.63, 3.8) is 0 Å². The van der Waals surface area contributed by atoms with Gasteiger partial charge >= 0.3 is 0 Å². The van der Waals surface area contributed by atoms with Crippen molar-refractivity contribution < 1.29 is 4.79 Å². The molecule has 1 aromatic carbocycles. The molecule has 0 fully saturated rings. The summed E-state index contributed by atoms with van der Waals surface area (Å²) in [6.45, 7) is 9.18. The molecule has 2 rings (SSSR count). The third-order valence-corrected chi connectivity index (χ3v) is 3.41. The second kappa shape index (κ2) is 7.72. The van der Waals surface area contributed by atoms with Gasteiger partial charge in [-0.05, 0) is 49.4 Å². The molecule has 0 radical (unpaired) electrons. The number of aromatic nitrogens is 2. The molecule has 0 aliphatic heterocycles. The zero-order chi connectivity index (χ0) is 16.8. The van der Waals surface area contributed by atoms with Crippen molar-refractivity contribution in [1.29, 1.82) is 0 Å². The van der Waals surface area contributed by atoms with E-state index in [9.17, 15) is 4.79 Å². The van der Waals surface area contributed by atoms with Crippen LogP contribution in [-0.2, 0) is 0 Å². The first kappa shape index (κ1) is 16.9. The first-order valence-corrected chi connectivity index (χ1v) is 7.89. The maximum Gasteiger partial charge on any atom is 0.274 e. The molecule has 0 aliphatic rings. The summed E-state index contributed by atoms with van der Waals surface area (Å²) in [4.78, 5) is 20.6. The molecular weight excluding hydrogens is 288 g/mol. The van der Waals surface area contributed by atoms with E-state index in [-0.39, 0.29) is 5.91 Å². The fourth-order valence-electron chi connectivity index (χ4n) is 2.31. The summed E-state index contributed by atoms with van der Waals surface area (Å²) in [7, 11) is 0. The smallest absolute Gasteiger partial charge is 0.274 e. The van der Waals surface area contributed by atoms with Crippen LogP contribution >= 0.6 is 0 Å². The summed E-state index contributed by atoms with van der Waals surface area (Å²) < 4.78 is 0. The molecule has 1 amide bonds. The number of nitrogens with zero attached hydrogens (tertiary/aromatic N) is 2. The topological polar surface area (TPSA) is 66.9 Å². The second-order valence-corrected chi connectivity index (χ2v) is 6.23. The van der Waals surface area contributed by atoms with E-state index in [1.807, 2.05) is 26.0 Å². The highest BCUT2D eigenvalue weighted by atomic mass is 16.1. The Bertz CT molecular complexity index is 662. The van der Waals surface area contributed by atoms with Crippen LogP contribution in [-0.4, -0.2) is 22.4 Å². The predicted molar refractivity (Wildman–Crippen MR) is 93.8 cm³/mol. The lowest BCUT2D eigenvalue weighted by Crippen LogP contribution is -2.15. The van der Waals surface area contributed by atoms with Crippen LogP contribution < -0.4 is 10.6 Å². The van der Waals surface area contributed by atoms with Gasteiger partial charge in [0.2, 0.25) is 0 Å². The highest BCUT2D eigenvalue weighted by Crippen LogP contribution is 2.15. The largest absolute Gasteiger partial charge is 0.370 e. The van der Waals surface area contributed by atoms with Gasteiger partial charge in [-0.3, -0.25) is 4.79 Å². The molecule has 2 aromatic rings. The Morgan fingerprint density at radius 2 is 1.78 bits per heavy atom. The normalized spacial score (nSPS) is 10.7. The van der Waals surface area contributed by atoms with Gasteiger partial charge in [0.05, 0.1) is 0 Å². The van der Waals surface area contributed by atoms with E-state index < -0.39 is 0 Å². The number of carbonyl (C=O) groups excluding carboxylic acids is 1. The van der Waals surface area contributed by atoms with Crippen LogP contribution in [0.4, 0.5) is 11.5 Å². The lowest BCUT2D eigenvalue weighted by atomic mass is 10.1. The third kappa shape index (κ3) is 5.36. The van der Waals surface area contributed by atoms with Crippen molar-refractivity contribution in [2.75, 3.05) is 17.2 Å². The fraction of sp³-hybridized carbons (Fsp3) is 0.389. The Morgan fingerprint density at radius 1 is 1.09 bits per heavy atom. The summed E-state index contributed by atoms with van der Waals surface area (Å²) in [6, 6.07) is 7.62. The van der Waals surface area contributed by atoms with Gasteiger partial charge in [0.15, 0.2) is 0 Å². The van der Waals surface area contributed by atoms with Gasteiger partial charge < -0.3 is 10.6 Å². The maximum absolute atomic E-state index is 12.3. The fourth-order valence-corrected chi connectivity index (χ4v) is 2.31. The van der Waals surface area contributed by atoms with E-state index in [1.54, 1.807) is 6.07 Å². The Hall–Kier alpha value is -2.43. The number of benzene rings is 1. The molecule has 0 bridgehead atoms. The summed E-state index contributed by atoms with van der Waals surface area (Å²) in [5.74, 6) is 1.06. The van der Waals surface area contributed by atoms with Gasteiger partial charge in [-0.2, -0.15) is 0 Å². The van der Waals surface area contributed by atoms with E-state index in [4.69, 9.17) is 0 Å². The molecule has 5 heteroatoms. The molecule has 1 aromatic heterocycles. The van der Waals surface area contributed by atoms with Crippen LogP contribution in [0, 0.1) is 19.8 Å². The number of aryl methyl sites for hydroxylation is 2. The van der Waals surface area contributed by atoms with Crippen LogP contribution in [0.2, 0.25) is 0 Å². The Labute approximate surface area is 137 Å². The molecular formula is C18H24N4O. The number of hydrogen-bond acceptors (Lipinski definition) is 4. The number of carbonyl (C=O) groups is 1. The van der Waals surface area contributed by atoms with E-state index in [0.717, 1.165) is 29.8 Å². The predicted octanol–water partition coefficient (Wildman–Crippen LogP) is 3.80. The highest BCUT2D eigenvalue weighted by molar-refractivity contribution is 6.03. The zero-order valence-corrected chi connectivity index (χ0v) is 14.2. The van der Waals surface area contributed by atoms with Gasteiger partial charge in [0, 0.05) is 18.3 Å². The van der Waals surface area contributed by atoms with Gasteiger partial charge in [0.1, 0.15) is 17.8 Å². The van der Waals surface area contributed by atoms with Crippen LogP contribution in [0.25, 0.3) is 0 Å². The lowest BCUT2D eigenvalue weighted by Gasteiger charge is -2.09. The van der Waals surface area contributed by atoms with Crippen LogP contribution in [0.15, 0.2) is 30.6 Å². The first-order valence-electron chi connectivity index (χ1n) is 7.89. The lowest BCUT2D eigenvalue weighted by molar-refractivity contribution is 0.102. The average molecular weight is 312 g/mol. The van der Waals surface area contributed by atoms with Crippen molar-refractivity contribution in [2.24, 2.45) is 5.92 Å². The van der Waals surface area contributed by atoms with Crippen LogP contribution in [0.1, 0.15) is 41.9 Å². The number of anilines is 2. The van der Waals surface area contributed by atoms with Crippen molar-refractivity contribution >= 4 is 17.4 Å². The maximum atomic E-state index is 12.3. The zero-order valence-electron chi connectivity index (χ0n) is 14.2. The molecule has 0 saturated heterocycles. The second-order valence-electron chi connectivity index (χ2n) is 6.23. The molecule has 2 N–H and O–H groups in total. The van der Waals surface area contributed by atoms with Gasteiger partial charge in [-0.15, -0.1) is 0 Å². The number of rotatable bonds is 6. The molecule has 5 nitrogen and oxygen atoms in total. The minimum atomic E-state index is -0.232. The van der Waals surface area contributed by atoms with E-state index in [2.05, 4.69) is 40.5 Å². The highest BCUT2D eigenvalue weighted by Gasteiger charge is 2.10. The van der Waals surface area contributed by atoms with Crippen molar-refractivity contribution in [2.45, 2.75) is 34.1 Å². The summed E-state index contributed by atoms with van der Waals surface area (Å²) >= 11 is 0. The number of hydrogen-bond donors (Lipinski definition) is 2. The van der Waals surface area contributed by atoms with Gasteiger partial charge in [0.25, 0.3) is 5.91 Å². The Balaban J connectivity index is 2.04. The molecule has 0 atom stereocenters. The van der Waals surface area contributed by atoms with E-state index in [1.165, 1.54) is 6.33 Å². The van der Waals surface area contributed by atoms with E-state index >= 15 is 0 Å². The average Bonchev–Trinajstić information content (AvgIpc) is 2.46. The quantitative estimate of drug-likeness (QED) is 0.851. The molecule has 1 heterocycles. The van der Waals surface area contributed by atoms with Crippen molar-refractivity contribution in [1.82, 2.24) is 9.97 Å². The Kier molecular flexibility index (Phi) is 5.68. The van der Waals surface area contributed by atoms with Crippen LogP contribution in [0.3, 0.4) is 0 Å². The van der Waals surface area contributed by atoms with Gasteiger partial charge in [-0.1, -0.05) is 19.9 Å². The summed E-state index contributed by atoms with van der Waals surface area (Å²) in [6.07, 6.45) is 2.46.